The molecule has 0 radical (unpaired) electrons. The molecule has 0 unspecified atom stereocenters. The number of esters is 1. The lowest BCUT2D eigenvalue weighted by Gasteiger charge is -2.02. The van der Waals surface area contributed by atoms with Gasteiger partial charge in [-0.25, -0.2) is 9.78 Å². The minimum Gasteiger partial charge on any atom is -0.461 e. The van der Waals surface area contributed by atoms with E-state index in [2.05, 4.69) is 16.9 Å². The molecule has 0 bridgehead atoms. The van der Waals surface area contributed by atoms with E-state index in [1.807, 2.05) is 12.1 Å². The molecule has 0 aliphatic rings. The summed E-state index contributed by atoms with van der Waals surface area (Å²) in [5, 5.41) is 2.47. The van der Waals surface area contributed by atoms with E-state index in [-0.39, 0.29) is 5.97 Å². The van der Waals surface area contributed by atoms with Crippen LogP contribution in [0.3, 0.4) is 0 Å². The molecule has 0 amide bonds. The molecule has 0 aromatic carbocycles. The maximum Gasteiger partial charge on any atom is 0.357 e. The van der Waals surface area contributed by atoms with E-state index in [1.165, 1.54) is 11.3 Å². The van der Waals surface area contributed by atoms with Gasteiger partial charge in [0.25, 0.3) is 0 Å². The summed E-state index contributed by atoms with van der Waals surface area (Å²) < 4.78 is 4.92. The number of aryl methyl sites for hydroxylation is 1. The number of aromatic nitrogens is 2. The zero-order valence-corrected chi connectivity index (χ0v) is 11.2. The number of thiazole rings is 1. The Balaban J connectivity index is 2.32. The lowest BCUT2D eigenvalue weighted by Crippen LogP contribution is -2.04. The van der Waals surface area contributed by atoms with Gasteiger partial charge in [0.2, 0.25) is 0 Å². The normalized spacial score (nSPS) is 10.3. The largest absolute Gasteiger partial charge is 0.461 e. The Hall–Kier alpha value is -1.75. The van der Waals surface area contributed by atoms with Crippen molar-refractivity contribution in [1.82, 2.24) is 9.97 Å². The van der Waals surface area contributed by atoms with Crippen molar-refractivity contribution in [2.24, 2.45) is 0 Å². The van der Waals surface area contributed by atoms with Crippen molar-refractivity contribution in [3.05, 3.63) is 35.0 Å². The van der Waals surface area contributed by atoms with Gasteiger partial charge in [0, 0.05) is 11.6 Å². The Bertz CT molecular complexity index is 551. The van der Waals surface area contributed by atoms with Gasteiger partial charge in [-0.2, -0.15) is 0 Å². The quantitative estimate of drug-likeness (QED) is 0.795. The molecule has 2 heterocycles. The molecule has 0 spiro atoms. The smallest absolute Gasteiger partial charge is 0.357 e. The number of ether oxygens (including phenoxy) is 1. The first-order valence-electron chi connectivity index (χ1n) is 5.83. The molecule has 0 saturated heterocycles. The van der Waals surface area contributed by atoms with Crippen molar-refractivity contribution in [1.29, 1.82) is 0 Å². The van der Waals surface area contributed by atoms with Crippen molar-refractivity contribution in [3.8, 4) is 10.7 Å². The molecule has 0 aliphatic carbocycles. The minimum atomic E-state index is -0.381. The van der Waals surface area contributed by atoms with E-state index in [0.717, 1.165) is 22.7 Å². The second-order valence-electron chi connectivity index (χ2n) is 3.62. The molecule has 0 saturated carbocycles. The molecule has 2 aromatic heterocycles. The van der Waals surface area contributed by atoms with E-state index in [1.54, 1.807) is 18.5 Å². The van der Waals surface area contributed by atoms with Gasteiger partial charge in [0.05, 0.1) is 6.61 Å². The Morgan fingerprint density at radius 3 is 3.00 bits per heavy atom. The first kappa shape index (κ1) is 12.7. The van der Waals surface area contributed by atoms with Crippen molar-refractivity contribution >= 4 is 17.3 Å². The molecule has 4 nitrogen and oxygen atoms in total. The van der Waals surface area contributed by atoms with E-state index in [0.29, 0.717) is 12.3 Å². The zero-order valence-electron chi connectivity index (χ0n) is 10.3. The highest BCUT2D eigenvalue weighted by molar-refractivity contribution is 7.13. The zero-order chi connectivity index (χ0) is 13.0. The second-order valence-corrected chi connectivity index (χ2v) is 4.48. The van der Waals surface area contributed by atoms with Gasteiger partial charge in [0.15, 0.2) is 5.69 Å². The van der Waals surface area contributed by atoms with Crippen LogP contribution in [0, 0.1) is 0 Å². The maximum atomic E-state index is 11.5. The summed E-state index contributed by atoms with van der Waals surface area (Å²) >= 11 is 1.41. The summed E-state index contributed by atoms with van der Waals surface area (Å²) in [7, 11) is 0. The average Bonchev–Trinajstić information content (AvgIpc) is 2.88. The van der Waals surface area contributed by atoms with Gasteiger partial charge < -0.3 is 4.74 Å². The van der Waals surface area contributed by atoms with Gasteiger partial charge in [-0.15, -0.1) is 11.3 Å². The average molecular weight is 262 g/mol. The minimum absolute atomic E-state index is 0.351. The summed E-state index contributed by atoms with van der Waals surface area (Å²) in [5.74, 6) is -0.381. The molecule has 2 aromatic rings. The Morgan fingerprint density at radius 2 is 2.28 bits per heavy atom. The van der Waals surface area contributed by atoms with E-state index in [9.17, 15) is 4.79 Å². The van der Waals surface area contributed by atoms with Crippen molar-refractivity contribution in [2.75, 3.05) is 6.61 Å². The van der Waals surface area contributed by atoms with Crippen LogP contribution in [0.4, 0.5) is 0 Å². The number of hydrogen-bond acceptors (Lipinski definition) is 5. The van der Waals surface area contributed by atoms with Crippen molar-refractivity contribution < 1.29 is 9.53 Å². The molecular weight excluding hydrogens is 248 g/mol. The predicted octanol–water partition coefficient (Wildman–Crippen LogP) is 2.94. The highest BCUT2D eigenvalue weighted by atomic mass is 32.1. The van der Waals surface area contributed by atoms with Crippen LogP contribution in [-0.4, -0.2) is 22.5 Å². The van der Waals surface area contributed by atoms with Crippen LogP contribution in [0.1, 0.15) is 29.9 Å². The lowest BCUT2D eigenvalue weighted by atomic mass is 10.1. The van der Waals surface area contributed by atoms with Crippen LogP contribution in [0.15, 0.2) is 23.7 Å². The molecule has 2 rings (SSSR count). The fraction of sp³-hybridized carbons (Fsp3) is 0.308. The third kappa shape index (κ3) is 2.56. The summed E-state index contributed by atoms with van der Waals surface area (Å²) in [4.78, 5) is 20.2. The summed E-state index contributed by atoms with van der Waals surface area (Å²) in [5.41, 5.74) is 2.33. The molecule has 0 atom stereocenters. The number of carbonyl (C=O) groups excluding carboxylic acids is 1. The Labute approximate surface area is 110 Å². The standard InChI is InChI=1S/C13H14N2O2S/c1-3-9-6-5-7-14-11(9)12-15-10(8-18-12)13(16)17-4-2/h5-8H,3-4H2,1-2H3. The van der Waals surface area contributed by atoms with Crippen molar-refractivity contribution in [3.63, 3.8) is 0 Å². The first-order chi connectivity index (χ1) is 8.76. The van der Waals surface area contributed by atoms with Crippen LogP contribution in [-0.2, 0) is 11.2 Å². The number of rotatable bonds is 4. The molecule has 0 fully saturated rings. The molecule has 94 valence electrons. The van der Waals surface area contributed by atoms with E-state index < -0.39 is 0 Å². The number of hydrogen-bond donors (Lipinski definition) is 0. The Kier molecular flexibility index (Phi) is 4.04. The third-order valence-electron chi connectivity index (χ3n) is 2.46. The lowest BCUT2D eigenvalue weighted by molar-refractivity contribution is 0.0520. The second kappa shape index (κ2) is 5.73. The summed E-state index contributed by atoms with van der Waals surface area (Å²) in [6.45, 7) is 4.20. The van der Waals surface area contributed by atoms with Crippen molar-refractivity contribution in [2.45, 2.75) is 20.3 Å². The van der Waals surface area contributed by atoms with Gasteiger partial charge in [0.1, 0.15) is 10.7 Å². The van der Waals surface area contributed by atoms with Gasteiger partial charge in [-0.3, -0.25) is 4.98 Å². The van der Waals surface area contributed by atoms with Crippen LogP contribution >= 0.6 is 11.3 Å². The highest BCUT2D eigenvalue weighted by Gasteiger charge is 2.14. The number of pyridine rings is 1. The fourth-order valence-corrected chi connectivity index (χ4v) is 2.42. The summed E-state index contributed by atoms with van der Waals surface area (Å²) in [6.07, 6.45) is 2.62. The molecule has 0 N–H and O–H groups in total. The van der Waals surface area contributed by atoms with E-state index in [4.69, 9.17) is 4.74 Å². The van der Waals surface area contributed by atoms with Gasteiger partial charge in [-0.1, -0.05) is 13.0 Å². The third-order valence-corrected chi connectivity index (χ3v) is 3.31. The highest BCUT2D eigenvalue weighted by Crippen LogP contribution is 2.25. The fourth-order valence-electron chi connectivity index (χ4n) is 1.60. The number of carbonyl (C=O) groups is 1. The molecule has 0 aliphatic heterocycles. The first-order valence-corrected chi connectivity index (χ1v) is 6.71. The maximum absolute atomic E-state index is 11.5. The van der Waals surface area contributed by atoms with Gasteiger partial charge >= 0.3 is 5.97 Å². The SMILES string of the molecule is CCOC(=O)c1csc(-c2ncccc2CC)n1. The predicted molar refractivity (Wildman–Crippen MR) is 70.7 cm³/mol. The molecular formula is C13H14N2O2S. The van der Waals surface area contributed by atoms with Gasteiger partial charge in [-0.05, 0) is 25.0 Å². The van der Waals surface area contributed by atoms with E-state index >= 15 is 0 Å². The molecule has 18 heavy (non-hydrogen) atoms. The van der Waals surface area contributed by atoms with Crippen LogP contribution in [0.25, 0.3) is 10.7 Å². The van der Waals surface area contributed by atoms with Crippen LogP contribution in [0.2, 0.25) is 0 Å². The monoisotopic (exact) mass is 262 g/mol. The molecule has 5 heteroatoms. The Morgan fingerprint density at radius 1 is 1.44 bits per heavy atom. The van der Waals surface area contributed by atoms with Crippen LogP contribution in [0.5, 0.6) is 0 Å². The van der Waals surface area contributed by atoms with Crippen LogP contribution < -0.4 is 0 Å². The number of nitrogens with zero attached hydrogens (tertiary/aromatic N) is 2. The topological polar surface area (TPSA) is 52.1 Å². The summed E-state index contributed by atoms with van der Waals surface area (Å²) in [6, 6.07) is 3.93.